The molecule has 1 fully saturated rings. The van der Waals surface area contributed by atoms with E-state index in [1.165, 1.54) is 11.1 Å². The number of nitrogens with one attached hydrogen (secondary N) is 1. The molecule has 3 rings (SSSR count). The van der Waals surface area contributed by atoms with Gasteiger partial charge in [0.05, 0.1) is 6.04 Å². The number of nitrogens with zero attached hydrogens (tertiary/aromatic N) is 1. The van der Waals surface area contributed by atoms with Gasteiger partial charge in [-0.1, -0.05) is 24.3 Å². The van der Waals surface area contributed by atoms with Gasteiger partial charge in [-0.25, -0.2) is 4.79 Å². The maximum atomic E-state index is 12.7. The fraction of sp³-hybridized carbons (Fsp3) is 0.579. The van der Waals surface area contributed by atoms with Gasteiger partial charge in [-0.2, -0.15) is 0 Å². The van der Waals surface area contributed by atoms with Crippen molar-refractivity contribution in [1.82, 2.24) is 10.2 Å². The van der Waals surface area contributed by atoms with Crippen LogP contribution in [0.25, 0.3) is 0 Å². The topological polar surface area (TPSA) is 58.6 Å². The maximum Gasteiger partial charge on any atom is 0.410 e. The third-order valence-corrected chi connectivity index (χ3v) is 4.63. The third-order valence-electron chi connectivity index (χ3n) is 4.63. The van der Waals surface area contributed by atoms with Crippen molar-refractivity contribution in [3.05, 3.63) is 35.4 Å². The molecule has 0 spiro atoms. The molecule has 1 N–H and O–H groups in total. The molecule has 5 nitrogen and oxygen atoms in total. The van der Waals surface area contributed by atoms with Crippen LogP contribution in [0.3, 0.4) is 0 Å². The van der Waals surface area contributed by atoms with Gasteiger partial charge in [0, 0.05) is 6.54 Å². The standard InChI is InChI=1S/C19H26N2O3/c1-19(2,3)24-18(23)21-12-6-9-16(21)17(22)20-15-11-10-13-7-4-5-8-14(13)15/h4-5,7-8,15-16H,6,9-12H2,1-3H3,(H,20,22)/t15-,16+/m0/s1. The van der Waals surface area contributed by atoms with E-state index in [4.69, 9.17) is 4.74 Å². The van der Waals surface area contributed by atoms with Gasteiger partial charge in [-0.3, -0.25) is 9.69 Å². The molecular formula is C19H26N2O3. The molecule has 1 aliphatic heterocycles. The summed E-state index contributed by atoms with van der Waals surface area (Å²) in [6.07, 6.45) is 3.04. The first kappa shape index (κ1) is 16.8. The monoisotopic (exact) mass is 330 g/mol. The summed E-state index contributed by atoms with van der Waals surface area (Å²) in [5.74, 6) is -0.0694. The Bertz CT molecular complexity index is 636. The van der Waals surface area contributed by atoms with Crippen LogP contribution in [0.2, 0.25) is 0 Å². The molecule has 0 saturated carbocycles. The Labute approximate surface area is 143 Å². The highest BCUT2D eigenvalue weighted by molar-refractivity contribution is 5.86. The lowest BCUT2D eigenvalue weighted by molar-refractivity contribution is -0.126. The molecule has 1 aromatic rings. The van der Waals surface area contributed by atoms with Gasteiger partial charge in [0.15, 0.2) is 0 Å². The summed E-state index contributed by atoms with van der Waals surface area (Å²) in [5, 5.41) is 3.14. The number of carbonyl (C=O) groups excluding carboxylic acids is 2. The second-order valence-corrected chi connectivity index (χ2v) is 7.63. The molecule has 1 aliphatic carbocycles. The van der Waals surface area contributed by atoms with Crippen LogP contribution in [0.1, 0.15) is 57.2 Å². The lowest BCUT2D eigenvalue weighted by atomic mass is 10.1. The second-order valence-electron chi connectivity index (χ2n) is 7.63. The molecule has 2 amide bonds. The molecule has 0 radical (unpaired) electrons. The van der Waals surface area contributed by atoms with E-state index in [-0.39, 0.29) is 11.9 Å². The normalized spacial score (nSPS) is 23.0. The summed E-state index contributed by atoms with van der Waals surface area (Å²) in [6.45, 7) is 6.09. The Hall–Kier alpha value is -2.04. The number of hydrogen-bond donors (Lipinski definition) is 1. The quantitative estimate of drug-likeness (QED) is 0.906. The zero-order valence-corrected chi connectivity index (χ0v) is 14.7. The van der Waals surface area contributed by atoms with Crippen molar-refractivity contribution in [1.29, 1.82) is 0 Å². The first-order valence-electron chi connectivity index (χ1n) is 8.73. The Morgan fingerprint density at radius 1 is 1.21 bits per heavy atom. The number of amides is 2. The van der Waals surface area contributed by atoms with Crippen molar-refractivity contribution >= 4 is 12.0 Å². The predicted octanol–water partition coefficient (Wildman–Crippen LogP) is 3.19. The number of rotatable bonds is 2. The Morgan fingerprint density at radius 2 is 1.96 bits per heavy atom. The van der Waals surface area contributed by atoms with Gasteiger partial charge in [0.2, 0.25) is 5.91 Å². The van der Waals surface area contributed by atoms with Crippen molar-refractivity contribution in [3.8, 4) is 0 Å². The molecular weight excluding hydrogens is 304 g/mol. The molecule has 2 aliphatic rings. The Morgan fingerprint density at radius 3 is 2.71 bits per heavy atom. The van der Waals surface area contributed by atoms with E-state index >= 15 is 0 Å². The number of ether oxygens (including phenoxy) is 1. The molecule has 1 heterocycles. The molecule has 0 bridgehead atoms. The van der Waals surface area contributed by atoms with Gasteiger partial charge in [0.1, 0.15) is 11.6 Å². The van der Waals surface area contributed by atoms with E-state index < -0.39 is 17.7 Å². The van der Waals surface area contributed by atoms with Crippen LogP contribution >= 0.6 is 0 Å². The highest BCUT2D eigenvalue weighted by Crippen LogP contribution is 2.31. The molecule has 2 atom stereocenters. The lowest BCUT2D eigenvalue weighted by Gasteiger charge is -2.28. The fourth-order valence-electron chi connectivity index (χ4n) is 3.55. The summed E-state index contributed by atoms with van der Waals surface area (Å²) >= 11 is 0. The maximum absolute atomic E-state index is 12.7. The second kappa shape index (κ2) is 6.46. The summed E-state index contributed by atoms with van der Waals surface area (Å²) in [6, 6.07) is 7.86. The number of likely N-dealkylation sites (tertiary alicyclic amines) is 1. The average molecular weight is 330 g/mol. The third kappa shape index (κ3) is 3.55. The SMILES string of the molecule is CC(C)(C)OC(=O)N1CCC[C@@H]1C(=O)N[C@H]1CCc2ccccc21. The van der Waals surface area contributed by atoms with Crippen LogP contribution < -0.4 is 5.32 Å². The van der Waals surface area contributed by atoms with Crippen molar-refractivity contribution < 1.29 is 14.3 Å². The first-order chi connectivity index (χ1) is 11.3. The average Bonchev–Trinajstić information content (AvgIpc) is 3.13. The molecule has 0 aromatic heterocycles. The van der Waals surface area contributed by atoms with Gasteiger partial charge < -0.3 is 10.1 Å². The highest BCUT2D eigenvalue weighted by Gasteiger charge is 2.37. The minimum atomic E-state index is -0.551. The van der Waals surface area contributed by atoms with Crippen LogP contribution in [0, 0.1) is 0 Å². The van der Waals surface area contributed by atoms with Crippen LogP contribution in [0.5, 0.6) is 0 Å². The number of aryl methyl sites for hydroxylation is 1. The first-order valence-corrected chi connectivity index (χ1v) is 8.73. The van der Waals surface area contributed by atoms with E-state index in [9.17, 15) is 9.59 Å². The van der Waals surface area contributed by atoms with Gasteiger partial charge in [-0.15, -0.1) is 0 Å². The minimum Gasteiger partial charge on any atom is -0.444 e. The van der Waals surface area contributed by atoms with E-state index in [2.05, 4.69) is 17.4 Å². The van der Waals surface area contributed by atoms with Crippen LogP contribution in [-0.2, 0) is 16.0 Å². The van der Waals surface area contributed by atoms with Crippen molar-refractivity contribution in [2.45, 2.75) is 64.1 Å². The van der Waals surface area contributed by atoms with E-state index in [0.717, 1.165) is 19.3 Å². The summed E-state index contributed by atoms with van der Waals surface area (Å²) in [7, 11) is 0. The summed E-state index contributed by atoms with van der Waals surface area (Å²) < 4.78 is 5.44. The van der Waals surface area contributed by atoms with E-state index in [0.29, 0.717) is 13.0 Å². The largest absolute Gasteiger partial charge is 0.444 e. The number of carbonyl (C=O) groups is 2. The van der Waals surface area contributed by atoms with Crippen molar-refractivity contribution in [2.75, 3.05) is 6.54 Å². The predicted molar refractivity (Wildman–Crippen MR) is 91.6 cm³/mol. The minimum absolute atomic E-state index is 0.0507. The van der Waals surface area contributed by atoms with Crippen LogP contribution in [0.15, 0.2) is 24.3 Å². The highest BCUT2D eigenvalue weighted by atomic mass is 16.6. The number of benzene rings is 1. The molecule has 5 heteroatoms. The van der Waals surface area contributed by atoms with Gasteiger partial charge in [-0.05, 0) is 57.6 Å². The number of fused-ring (bicyclic) bond motifs is 1. The van der Waals surface area contributed by atoms with Crippen molar-refractivity contribution in [2.24, 2.45) is 0 Å². The molecule has 0 unspecified atom stereocenters. The van der Waals surface area contributed by atoms with Crippen LogP contribution in [0.4, 0.5) is 4.79 Å². The van der Waals surface area contributed by atoms with E-state index in [1.54, 1.807) is 4.90 Å². The van der Waals surface area contributed by atoms with Gasteiger partial charge in [0.25, 0.3) is 0 Å². The molecule has 24 heavy (non-hydrogen) atoms. The number of hydrogen-bond acceptors (Lipinski definition) is 3. The Kier molecular flexibility index (Phi) is 4.52. The van der Waals surface area contributed by atoms with Crippen LogP contribution in [-0.4, -0.2) is 35.1 Å². The summed E-state index contributed by atoms with van der Waals surface area (Å²) in [4.78, 5) is 26.6. The molecule has 1 aromatic carbocycles. The molecule has 130 valence electrons. The zero-order valence-electron chi connectivity index (χ0n) is 14.7. The fourth-order valence-corrected chi connectivity index (χ4v) is 3.55. The lowest BCUT2D eigenvalue weighted by Crippen LogP contribution is -2.48. The smallest absolute Gasteiger partial charge is 0.410 e. The van der Waals surface area contributed by atoms with E-state index in [1.807, 2.05) is 32.9 Å². The summed E-state index contributed by atoms with van der Waals surface area (Å²) in [5.41, 5.74) is 1.95. The molecule has 1 saturated heterocycles. The zero-order chi connectivity index (χ0) is 17.3. The Balaban J connectivity index is 1.65. The van der Waals surface area contributed by atoms with Gasteiger partial charge >= 0.3 is 6.09 Å². The van der Waals surface area contributed by atoms with Crippen molar-refractivity contribution in [3.63, 3.8) is 0 Å².